The van der Waals surface area contributed by atoms with Gasteiger partial charge in [0.25, 0.3) is 5.91 Å². The standard InChI is InChI=1S/C22H17F2NO3/c23-18-7-4-8-19(24)22(18)25-20(26)14-28-21(27)13-15-9-11-17(12-10-15)16-5-2-1-3-6-16/h1-12H,13-14H2,(H,25,26). The number of carbonyl (C=O) groups is 2. The molecule has 0 saturated carbocycles. The molecule has 0 saturated heterocycles. The summed E-state index contributed by atoms with van der Waals surface area (Å²) in [7, 11) is 0. The predicted octanol–water partition coefficient (Wildman–Crippen LogP) is 4.36. The molecule has 0 heterocycles. The molecule has 6 heteroatoms. The molecule has 4 nitrogen and oxygen atoms in total. The van der Waals surface area contributed by atoms with Gasteiger partial charge in [0.05, 0.1) is 6.42 Å². The Hall–Kier alpha value is -3.54. The molecule has 0 spiro atoms. The third-order valence-electron chi connectivity index (χ3n) is 4.00. The number of carbonyl (C=O) groups excluding carboxylic acids is 2. The van der Waals surface area contributed by atoms with Crippen LogP contribution < -0.4 is 5.32 Å². The molecule has 0 radical (unpaired) electrons. The van der Waals surface area contributed by atoms with Crippen molar-refractivity contribution >= 4 is 17.6 Å². The average molecular weight is 381 g/mol. The topological polar surface area (TPSA) is 55.4 Å². The molecular formula is C22H17F2NO3. The molecule has 0 aliphatic rings. The Bertz CT molecular complexity index is 953. The van der Waals surface area contributed by atoms with Crippen LogP contribution in [0.1, 0.15) is 5.56 Å². The smallest absolute Gasteiger partial charge is 0.310 e. The van der Waals surface area contributed by atoms with E-state index in [4.69, 9.17) is 4.74 Å². The van der Waals surface area contributed by atoms with E-state index >= 15 is 0 Å². The lowest BCUT2D eigenvalue weighted by atomic mass is 10.0. The molecule has 0 aliphatic carbocycles. The van der Waals surface area contributed by atoms with Crippen molar-refractivity contribution in [3.63, 3.8) is 0 Å². The maximum absolute atomic E-state index is 13.5. The van der Waals surface area contributed by atoms with Crippen molar-refractivity contribution < 1.29 is 23.1 Å². The number of hydrogen-bond donors (Lipinski definition) is 1. The fourth-order valence-electron chi connectivity index (χ4n) is 2.60. The number of rotatable bonds is 6. The van der Waals surface area contributed by atoms with Gasteiger partial charge in [-0.05, 0) is 28.8 Å². The maximum Gasteiger partial charge on any atom is 0.310 e. The van der Waals surface area contributed by atoms with E-state index in [1.54, 1.807) is 12.1 Å². The Morgan fingerprint density at radius 2 is 1.39 bits per heavy atom. The third kappa shape index (κ3) is 5.01. The van der Waals surface area contributed by atoms with Crippen LogP contribution in [0.5, 0.6) is 0 Å². The lowest BCUT2D eigenvalue weighted by Gasteiger charge is -2.08. The van der Waals surface area contributed by atoms with Crippen molar-refractivity contribution in [2.45, 2.75) is 6.42 Å². The van der Waals surface area contributed by atoms with Crippen LogP contribution in [0.3, 0.4) is 0 Å². The maximum atomic E-state index is 13.5. The summed E-state index contributed by atoms with van der Waals surface area (Å²) in [5.74, 6) is -3.25. The Balaban J connectivity index is 1.51. The minimum Gasteiger partial charge on any atom is -0.455 e. The number of hydrogen-bond acceptors (Lipinski definition) is 3. The molecule has 0 atom stereocenters. The highest BCUT2D eigenvalue weighted by Gasteiger charge is 2.14. The van der Waals surface area contributed by atoms with Crippen molar-refractivity contribution in [1.29, 1.82) is 0 Å². The summed E-state index contributed by atoms with van der Waals surface area (Å²) in [6.45, 7) is -0.630. The van der Waals surface area contributed by atoms with E-state index < -0.39 is 35.8 Å². The van der Waals surface area contributed by atoms with Gasteiger partial charge in [-0.2, -0.15) is 0 Å². The lowest BCUT2D eigenvalue weighted by Crippen LogP contribution is -2.22. The summed E-state index contributed by atoms with van der Waals surface area (Å²) < 4.78 is 31.9. The first-order valence-electron chi connectivity index (χ1n) is 8.57. The molecule has 1 amide bonds. The highest BCUT2D eigenvalue weighted by atomic mass is 19.1. The van der Waals surface area contributed by atoms with Gasteiger partial charge < -0.3 is 10.1 Å². The second kappa shape index (κ2) is 8.90. The van der Waals surface area contributed by atoms with Crippen LogP contribution in [0.4, 0.5) is 14.5 Å². The molecule has 0 bridgehead atoms. The van der Waals surface area contributed by atoms with E-state index in [-0.39, 0.29) is 6.42 Å². The van der Waals surface area contributed by atoms with Gasteiger partial charge >= 0.3 is 5.97 Å². The molecule has 0 fully saturated rings. The van der Waals surface area contributed by atoms with E-state index in [1.165, 1.54) is 6.07 Å². The van der Waals surface area contributed by atoms with Crippen LogP contribution in [0.15, 0.2) is 72.8 Å². The third-order valence-corrected chi connectivity index (χ3v) is 4.00. The van der Waals surface area contributed by atoms with Crippen molar-refractivity contribution in [3.05, 3.63) is 90.0 Å². The van der Waals surface area contributed by atoms with Gasteiger partial charge in [0, 0.05) is 0 Å². The van der Waals surface area contributed by atoms with Crippen LogP contribution in [0.2, 0.25) is 0 Å². The second-order valence-electron chi connectivity index (χ2n) is 6.05. The molecule has 0 unspecified atom stereocenters. The molecule has 3 rings (SSSR count). The molecule has 1 N–H and O–H groups in total. The number of halogens is 2. The molecule has 142 valence electrons. The van der Waals surface area contributed by atoms with E-state index in [0.717, 1.165) is 28.8 Å². The van der Waals surface area contributed by atoms with Gasteiger partial charge in [0.1, 0.15) is 17.3 Å². The minimum atomic E-state index is -0.904. The number of amides is 1. The monoisotopic (exact) mass is 381 g/mol. The van der Waals surface area contributed by atoms with Crippen LogP contribution in [0, 0.1) is 11.6 Å². The number of ether oxygens (including phenoxy) is 1. The first-order valence-corrected chi connectivity index (χ1v) is 8.57. The van der Waals surface area contributed by atoms with Gasteiger partial charge in [-0.1, -0.05) is 60.7 Å². The molecule has 28 heavy (non-hydrogen) atoms. The van der Waals surface area contributed by atoms with E-state index in [9.17, 15) is 18.4 Å². The second-order valence-corrected chi connectivity index (χ2v) is 6.05. The van der Waals surface area contributed by atoms with E-state index in [1.807, 2.05) is 42.5 Å². The van der Waals surface area contributed by atoms with Crippen LogP contribution in [-0.2, 0) is 20.7 Å². The summed E-state index contributed by atoms with van der Waals surface area (Å²) in [5.41, 5.74) is 2.24. The average Bonchev–Trinajstić information content (AvgIpc) is 2.70. The highest BCUT2D eigenvalue weighted by Crippen LogP contribution is 2.20. The Morgan fingerprint density at radius 1 is 0.786 bits per heavy atom. The zero-order valence-electron chi connectivity index (χ0n) is 14.8. The number of para-hydroxylation sites is 1. The lowest BCUT2D eigenvalue weighted by molar-refractivity contribution is -0.146. The van der Waals surface area contributed by atoms with Crippen molar-refractivity contribution in [2.24, 2.45) is 0 Å². The van der Waals surface area contributed by atoms with Crippen molar-refractivity contribution in [3.8, 4) is 11.1 Å². The Kier molecular flexibility index (Phi) is 6.11. The first-order chi connectivity index (χ1) is 13.5. The van der Waals surface area contributed by atoms with Crippen LogP contribution >= 0.6 is 0 Å². The number of benzene rings is 3. The van der Waals surface area contributed by atoms with E-state index in [0.29, 0.717) is 0 Å². The molecular weight excluding hydrogens is 364 g/mol. The molecule has 3 aromatic carbocycles. The zero-order valence-corrected chi connectivity index (χ0v) is 14.8. The summed E-state index contributed by atoms with van der Waals surface area (Å²) >= 11 is 0. The minimum absolute atomic E-state index is 0.0175. The van der Waals surface area contributed by atoms with Crippen LogP contribution in [-0.4, -0.2) is 18.5 Å². The number of nitrogens with one attached hydrogen (secondary N) is 1. The predicted molar refractivity (Wildman–Crippen MR) is 102 cm³/mol. The zero-order chi connectivity index (χ0) is 19.9. The number of esters is 1. The van der Waals surface area contributed by atoms with Crippen molar-refractivity contribution in [1.82, 2.24) is 0 Å². The first kappa shape index (κ1) is 19.2. The summed E-state index contributed by atoms with van der Waals surface area (Å²) in [4.78, 5) is 23.7. The Labute approximate surface area is 160 Å². The normalized spacial score (nSPS) is 10.4. The molecule has 3 aromatic rings. The summed E-state index contributed by atoms with van der Waals surface area (Å²) in [5, 5.41) is 2.06. The number of anilines is 1. The summed E-state index contributed by atoms with van der Waals surface area (Å²) in [6.07, 6.45) is -0.0175. The fraction of sp³-hybridized carbons (Fsp3) is 0.0909. The van der Waals surface area contributed by atoms with Gasteiger partial charge in [-0.3, -0.25) is 9.59 Å². The van der Waals surface area contributed by atoms with Gasteiger partial charge in [-0.25, -0.2) is 8.78 Å². The summed E-state index contributed by atoms with van der Waals surface area (Å²) in [6, 6.07) is 20.4. The highest BCUT2D eigenvalue weighted by molar-refractivity contribution is 5.93. The largest absolute Gasteiger partial charge is 0.455 e. The SMILES string of the molecule is O=C(COC(=O)Cc1ccc(-c2ccccc2)cc1)Nc1c(F)cccc1F. The molecule has 0 aromatic heterocycles. The quantitative estimate of drug-likeness (QED) is 0.646. The molecule has 0 aliphatic heterocycles. The van der Waals surface area contributed by atoms with Gasteiger partial charge in [0.15, 0.2) is 6.61 Å². The Morgan fingerprint density at radius 3 is 2.04 bits per heavy atom. The van der Waals surface area contributed by atoms with Gasteiger partial charge in [-0.15, -0.1) is 0 Å². The van der Waals surface area contributed by atoms with Crippen molar-refractivity contribution in [2.75, 3.05) is 11.9 Å². The van der Waals surface area contributed by atoms with E-state index in [2.05, 4.69) is 5.32 Å². The van der Waals surface area contributed by atoms with Gasteiger partial charge in [0.2, 0.25) is 0 Å². The fourth-order valence-corrected chi connectivity index (χ4v) is 2.60. The van der Waals surface area contributed by atoms with Crippen LogP contribution in [0.25, 0.3) is 11.1 Å².